The average Bonchev–Trinajstić information content (AvgIpc) is 3.25. The number of benzene rings is 1. The third-order valence-corrected chi connectivity index (χ3v) is 4.94. The number of aromatic amines is 1. The van der Waals surface area contributed by atoms with Crippen LogP contribution in [0.2, 0.25) is 0 Å². The highest BCUT2D eigenvalue weighted by Crippen LogP contribution is 2.31. The van der Waals surface area contributed by atoms with Crippen LogP contribution in [0.3, 0.4) is 0 Å². The lowest BCUT2D eigenvalue weighted by atomic mass is 9.93. The van der Waals surface area contributed by atoms with E-state index in [0.717, 1.165) is 18.4 Å². The quantitative estimate of drug-likeness (QED) is 0.854. The molecule has 0 radical (unpaired) electrons. The number of likely N-dealkylation sites (tertiary alicyclic amines) is 1. The Morgan fingerprint density at radius 2 is 2.15 bits per heavy atom. The van der Waals surface area contributed by atoms with Crippen LogP contribution in [0.5, 0.6) is 0 Å². The molecule has 2 saturated heterocycles. The van der Waals surface area contributed by atoms with Gasteiger partial charge in [-0.05, 0) is 12.8 Å². The summed E-state index contributed by atoms with van der Waals surface area (Å²) in [6, 6.07) is 9.44. The van der Waals surface area contributed by atoms with Gasteiger partial charge in [0.05, 0.1) is 19.6 Å². The fourth-order valence-electron chi connectivity index (χ4n) is 3.64. The number of piperidine rings is 1. The van der Waals surface area contributed by atoms with Gasteiger partial charge in [0.15, 0.2) is 5.82 Å². The second-order valence-corrected chi connectivity index (χ2v) is 7.06. The number of H-pyrrole nitrogens is 1. The van der Waals surface area contributed by atoms with E-state index in [0.29, 0.717) is 31.3 Å². The van der Waals surface area contributed by atoms with Crippen LogP contribution < -0.4 is 5.32 Å². The summed E-state index contributed by atoms with van der Waals surface area (Å²) >= 11 is 0. The SMILES string of the molecule is CN1C[C@@]2(CCCN(C(=O)NCc3nc(-c4ccccc4)n[nH]3)C2)OC1=O. The molecule has 3 heterocycles. The number of ether oxygens (including phenoxy) is 1. The minimum absolute atomic E-state index is 0.197. The molecule has 1 aromatic carbocycles. The summed E-state index contributed by atoms with van der Waals surface area (Å²) in [5.41, 5.74) is 0.324. The first-order valence-electron chi connectivity index (χ1n) is 8.98. The molecule has 2 aromatic rings. The van der Waals surface area contributed by atoms with Crippen molar-refractivity contribution in [1.82, 2.24) is 30.3 Å². The third kappa shape index (κ3) is 3.57. The highest BCUT2D eigenvalue weighted by molar-refractivity contribution is 5.75. The fraction of sp³-hybridized carbons (Fsp3) is 0.444. The van der Waals surface area contributed by atoms with Gasteiger partial charge in [-0.25, -0.2) is 14.6 Å². The average molecular weight is 370 g/mol. The van der Waals surface area contributed by atoms with Gasteiger partial charge in [0.1, 0.15) is 11.4 Å². The number of nitrogens with one attached hydrogen (secondary N) is 2. The van der Waals surface area contributed by atoms with Gasteiger partial charge in [-0.2, -0.15) is 5.10 Å². The van der Waals surface area contributed by atoms with Crippen molar-refractivity contribution in [2.24, 2.45) is 0 Å². The Hall–Kier alpha value is -3.10. The van der Waals surface area contributed by atoms with Crippen LogP contribution in [0, 0.1) is 0 Å². The summed E-state index contributed by atoms with van der Waals surface area (Å²) in [7, 11) is 1.71. The summed E-state index contributed by atoms with van der Waals surface area (Å²) in [4.78, 5) is 31.9. The van der Waals surface area contributed by atoms with E-state index >= 15 is 0 Å². The van der Waals surface area contributed by atoms with E-state index in [9.17, 15) is 9.59 Å². The van der Waals surface area contributed by atoms with Crippen molar-refractivity contribution < 1.29 is 14.3 Å². The maximum absolute atomic E-state index is 12.5. The number of carbonyl (C=O) groups is 2. The molecule has 2 fully saturated rings. The van der Waals surface area contributed by atoms with Crippen molar-refractivity contribution in [3.63, 3.8) is 0 Å². The minimum Gasteiger partial charge on any atom is -0.439 e. The predicted octanol–water partition coefficient (Wildman–Crippen LogP) is 1.60. The summed E-state index contributed by atoms with van der Waals surface area (Å²) in [5, 5.41) is 9.90. The zero-order valence-corrected chi connectivity index (χ0v) is 15.1. The van der Waals surface area contributed by atoms with Crippen LogP contribution in [0.25, 0.3) is 11.4 Å². The van der Waals surface area contributed by atoms with Crippen LogP contribution in [0.1, 0.15) is 18.7 Å². The molecule has 0 aliphatic carbocycles. The number of carbonyl (C=O) groups excluding carboxylic acids is 2. The minimum atomic E-state index is -0.589. The van der Waals surface area contributed by atoms with E-state index in [2.05, 4.69) is 20.5 Å². The smallest absolute Gasteiger partial charge is 0.410 e. The van der Waals surface area contributed by atoms with Gasteiger partial charge in [-0.3, -0.25) is 5.10 Å². The monoisotopic (exact) mass is 370 g/mol. The predicted molar refractivity (Wildman–Crippen MR) is 96.7 cm³/mol. The Labute approximate surface area is 156 Å². The lowest BCUT2D eigenvalue weighted by molar-refractivity contribution is 0.00316. The first kappa shape index (κ1) is 17.3. The Morgan fingerprint density at radius 1 is 1.33 bits per heavy atom. The van der Waals surface area contributed by atoms with Crippen molar-refractivity contribution in [1.29, 1.82) is 0 Å². The maximum atomic E-state index is 12.5. The lowest BCUT2D eigenvalue weighted by Gasteiger charge is -2.38. The van der Waals surface area contributed by atoms with Gasteiger partial charge in [0.2, 0.25) is 0 Å². The van der Waals surface area contributed by atoms with Crippen molar-refractivity contribution in [3.8, 4) is 11.4 Å². The van der Waals surface area contributed by atoms with Crippen LogP contribution in [-0.4, -0.2) is 69.4 Å². The standard InChI is InChI=1S/C18H22N6O3/c1-23-11-18(27-17(23)26)8-5-9-24(12-18)16(25)19-10-14-20-15(22-21-14)13-6-3-2-4-7-13/h2-4,6-7H,5,8-12H2,1H3,(H,19,25)(H,20,21,22)/t18-/m1/s1. The molecule has 142 valence electrons. The van der Waals surface area contributed by atoms with Crippen LogP contribution in [0.4, 0.5) is 9.59 Å². The molecule has 1 aromatic heterocycles. The highest BCUT2D eigenvalue weighted by Gasteiger charge is 2.47. The molecule has 9 heteroatoms. The molecule has 27 heavy (non-hydrogen) atoms. The maximum Gasteiger partial charge on any atom is 0.410 e. The van der Waals surface area contributed by atoms with Crippen LogP contribution in [0.15, 0.2) is 30.3 Å². The largest absolute Gasteiger partial charge is 0.439 e. The topological polar surface area (TPSA) is 103 Å². The molecule has 0 saturated carbocycles. The molecule has 0 bridgehead atoms. The van der Waals surface area contributed by atoms with Crippen LogP contribution >= 0.6 is 0 Å². The van der Waals surface area contributed by atoms with Crippen molar-refractivity contribution in [3.05, 3.63) is 36.2 Å². The molecular formula is C18H22N6O3. The summed E-state index contributed by atoms with van der Waals surface area (Å²) in [6.45, 7) is 1.81. The molecule has 3 amide bonds. The Bertz CT molecular complexity index is 839. The normalized spacial score (nSPS) is 22.2. The van der Waals surface area contributed by atoms with E-state index in [-0.39, 0.29) is 18.7 Å². The summed E-state index contributed by atoms with van der Waals surface area (Å²) in [6.07, 6.45) is 1.25. The van der Waals surface area contributed by atoms with Gasteiger partial charge in [-0.1, -0.05) is 30.3 Å². The second-order valence-electron chi connectivity index (χ2n) is 7.06. The van der Waals surface area contributed by atoms with Crippen molar-refractivity contribution in [2.45, 2.75) is 25.0 Å². The van der Waals surface area contributed by atoms with E-state index < -0.39 is 5.60 Å². The van der Waals surface area contributed by atoms with Crippen molar-refractivity contribution in [2.75, 3.05) is 26.7 Å². The van der Waals surface area contributed by atoms with Gasteiger partial charge < -0.3 is 19.9 Å². The molecule has 2 N–H and O–H groups in total. The lowest BCUT2D eigenvalue weighted by Crippen LogP contribution is -2.54. The molecular weight excluding hydrogens is 348 g/mol. The van der Waals surface area contributed by atoms with Crippen molar-refractivity contribution >= 4 is 12.1 Å². The molecule has 2 aliphatic heterocycles. The van der Waals surface area contributed by atoms with E-state index in [1.807, 2.05) is 30.3 Å². The highest BCUT2D eigenvalue weighted by atomic mass is 16.6. The molecule has 4 rings (SSSR count). The number of aromatic nitrogens is 3. The summed E-state index contributed by atoms with van der Waals surface area (Å²) < 4.78 is 5.53. The first-order valence-corrected chi connectivity index (χ1v) is 8.98. The molecule has 9 nitrogen and oxygen atoms in total. The Morgan fingerprint density at radius 3 is 2.89 bits per heavy atom. The Kier molecular flexibility index (Phi) is 4.43. The van der Waals surface area contributed by atoms with E-state index in [1.54, 1.807) is 16.8 Å². The van der Waals surface area contributed by atoms with E-state index in [4.69, 9.17) is 4.74 Å². The van der Waals surface area contributed by atoms with Gasteiger partial charge >= 0.3 is 12.1 Å². The zero-order chi connectivity index (χ0) is 18.9. The number of rotatable bonds is 3. The molecule has 0 unspecified atom stereocenters. The van der Waals surface area contributed by atoms with Gasteiger partial charge in [0.25, 0.3) is 0 Å². The zero-order valence-electron chi connectivity index (χ0n) is 15.1. The number of amides is 3. The molecule has 1 atom stereocenters. The second kappa shape index (κ2) is 6.90. The number of urea groups is 1. The van der Waals surface area contributed by atoms with Gasteiger partial charge in [0, 0.05) is 19.2 Å². The van der Waals surface area contributed by atoms with E-state index in [1.165, 1.54) is 0 Å². The number of hydrogen-bond acceptors (Lipinski definition) is 5. The summed E-state index contributed by atoms with van der Waals surface area (Å²) in [5.74, 6) is 1.18. The number of nitrogens with zero attached hydrogens (tertiary/aromatic N) is 4. The fourth-order valence-corrected chi connectivity index (χ4v) is 3.64. The van der Waals surface area contributed by atoms with Gasteiger partial charge in [-0.15, -0.1) is 0 Å². The number of hydrogen-bond donors (Lipinski definition) is 2. The Balaban J connectivity index is 1.34. The number of likely N-dealkylation sites (N-methyl/N-ethyl adjacent to an activating group) is 1. The molecule has 2 aliphatic rings. The van der Waals surface area contributed by atoms with Crippen LogP contribution in [-0.2, 0) is 11.3 Å². The molecule has 1 spiro atoms. The first-order chi connectivity index (χ1) is 13.0. The third-order valence-electron chi connectivity index (χ3n) is 4.94.